The number of fused-ring (bicyclic) bond motifs is 1. The molecule has 0 saturated heterocycles. The maximum atomic E-state index is 12.8. The molecule has 1 unspecified atom stereocenters. The summed E-state index contributed by atoms with van der Waals surface area (Å²) in [5, 5.41) is 18.3. The van der Waals surface area contributed by atoms with E-state index in [9.17, 15) is 14.8 Å². The third-order valence-corrected chi connectivity index (χ3v) is 5.22. The predicted octanol–water partition coefficient (Wildman–Crippen LogP) is 2.21. The molecule has 3 rings (SSSR count). The van der Waals surface area contributed by atoms with Gasteiger partial charge in [0.05, 0.1) is 18.0 Å². The van der Waals surface area contributed by atoms with Crippen molar-refractivity contribution in [2.45, 2.75) is 45.4 Å². The number of hydrogen-bond acceptors (Lipinski definition) is 7. The third kappa shape index (κ3) is 5.13. The van der Waals surface area contributed by atoms with Crippen molar-refractivity contribution in [1.29, 1.82) is 0 Å². The summed E-state index contributed by atoms with van der Waals surface area (Å²) in [6, 6.07) is 5.65. The van der Waals surface area contributed by atoms with Crippen LogP contribution in [0.1, 0.15) is 44.1 Å². The molecular weight excluding hydrogens is 360 g/mol. The maximum absolute atomic E-state index is 12.8. The fourth-order valence-corrected chi connectivity index (χ4v) is 3.71. The Labute approximate surface area is 163 Å². The standard InChI is InChI=1S/C19H26N6O3/c1-13-8-9-16-17(10-13)21-23-19(20-16)24-22-18(27)15(11-25(28)12-26)14-6-4-2-3-5-7-14/h8-10,12,14-15,28H,2-7,11H2,1H3,(H,22,27)(H,20,23,24). The zero-order valence-electron chi connectivity index (χ0n) is 16.0. The summed E-state index contributed by atoms with van der Waals surface area (Å²) in [5.41, 5.74) is 7.72. The number of nitrogens with zero attached hydrogens (tertiary/aromatic N) is 4. The fourth-order valence-electron chi connectivity index (χ4n) is 3.71. The van der Waals surface area contributed by atoms with Crippen LogP contribution in [0.4, 0.5) is 5.95 Å². The normalized spacial score (nSPS) is 16.2. The Morgan fingerprint density at radius 3 is 2.71 bits per heavy atom. The highest BCUT2D eigenvalue weighted by Crippen LogP contribution is 2.29. The van der Waals surface area contributed by atoms with Crippen molar-refractivity contribution in [1.82, 2.24) is 25.7 Å². The topological polar surface area (TPSA) is 120 Å². The van der Waals surface area contributed by atoms with Crippen LogP contribution in [0.5, 0.6) is 0 Å². The number of aryl methyl sites for hydroxylation is 1. The van der Waals surface area contributed by atoms with Crippen LogP contribution >= 0.6 is 0 Å². The van der Waals surface area contributed by atoms with E-state index in [1.807, 2.05) is 25.1 Å². The average molecular weight is 386 g/mol. The first-order valence-electron chi connectivity index (χ1n) is 9.64. The van der Waals surface area contributed by atoms with Gasteiger partial charge in [0.25, 0.3) is 5.95 Å². The number of rotatable bonds is 7. The highest BCUT2D eigenvalue weighted by molar-refractivity contribution is 5.81. The molecule has 150 valence electrons. The van der Waals surface area contributed by atoms with Gasteiger partial charge in [-0.05, 0) is 43.4 Å². The van der Waals surface area contributed by atoms with E-state index in [4.69, 9.17) is 0 Å². The van der Waals surface area contributed by atoms with Crippen molar-refractivity contribution in [3.8, 4) is 0 Å². The largest absolute Gasteiger partial charge is 0.286 e. The Balaban J connectivity index is 1.68. The number of nitrogens with one attached hydrogen (secondary N) is 2. The van der Waals surface area contributed by atoms with Crippen LogP contribution in [0.15, 0.2) is 18.2 Å². The smallest absolute Gasteiger partial charge is 0.262 e. The predicted molar refractivity (Wildman–Crippen MR) is 103 cm³/mol. The lowest BCUT2D eigenvalue weighted by molar-refractivity contribution is -0.156. The highest BCUT2D eigenvalue weighted by Gasteiger charge is 2.30. The molecule has 9 nitrogen and oxygen atoms in total. The minimum Gasteiger partial charge on any atom is -0.286 e. The number of amides is 2. The molecule has 1 atom stereocenters. The zero-order valence-corrected chi connectivity index (χ0v) is 16.0. The summed E-state index contributed by atoms with van der Waals surface area (Å²) >= 11 is 0. The molecule has 9 heteroatoms. The van der Waals surface area contributed by atoms with Gasteiger partial charge in [0.2, 0.25) is 12.3 Å². The molecule has 3 N–H and O–H groups in total. The lowest BCUT2D eigenvalue weighted by Gasteiger charge is -2.27. The zero-order chi connectivity index (χ0) is 19.9. The van der Waals surface area contributed by atoms with Crippen LogP contribution in [0.2, 0.25) is 0 Å². The molecule has 1 aliphatic carbocycles. The quantitative estimate of drug-likeness (QED) is 0.289. The summed E-state index contributed by atoms with van der Waals surface area (Å²) < 4.78 is 0. The van der Waals surface area contributed by atoms with Gasteiger partial charge in [-0.3, -0.25) is 25.6 Å². The van der Waals surface area contributed by atoms with Gasteiger partial charge in [-0.1, -0.05) is 31.7 Å². The van der Waals surface area contributed by atoms with E-state index in [2.05, 4.69) is 26.0 Å². The Morgan fingerprint density at radius 2 is 2.00 bits per heavy atom. The molecule has 1 aromatic carbocycles. The lowest BCUT2D eigenvalue weighted by Crippen LogP contribution is -2.43. The van der Waals surface area contributed by atoms with Gasteiger partial charge in [-0.25, -0.2) is 10.0 Å². The molecular formula is C19H26N6O3. The summed E-state index contributed by atoms with van der Waals surface area (Å²) in [4.78, 5) is 28.0. The lowest BCUT2D eigenvalue weighted by atomic mass is 9.85. The molecule has 1 aromatic heterocycles. The van der Waals surface area contributed by atoms with Crippen molar-refractivity contribution < 1.29 is 14.8 Å². The molecule has 2 amide bonds. The Hall–Kier alpha value is -2.81. The van der Waals surface area contributed by atoms with Crippen LogP contribution in [0.3, 0.4) is 0 Å². The summed E-state index contributed by atoms with van der Waals surface area (Å²) in [6.07, 6.45) is 6.52. The number of anilines is 1. The van der Waals surface area contributed by atoms with Gasteiger partial charge >= 0.3 is 0 Å². The molecule has 1 saturated carbocycles. The number of benzene rings is 1. The molecule has 1 heterocycles. The minimum atomic E-state index is -0.517. The SMILES string of the molecule is Cc1ccc2nc(NNC(=O)C(CN(O)C=O)C3CCCCCC3)nnc2c1. The summed E-state index contributed by atoms with van der Waals surface area (Å²) in [6.45, 7) is 1.92. The minimum absolute atomic E-state index is 0.0439. The van der Waals surface area contributed by atoms with Crippen molar-refractivity contribution in [2.75, 3.05) is 12.0 Å². The van der Waals surface area contributed by atoms with E-state index < -0.39 is 5.92 Å². The first-order chi connectivity index (χ1) is 13.6. The maximum Gasteiger partial charge on any atom is 0.262 e. The number of aromatic nitrogens is 3. The Kier molecular flexibility index (Phi) is 6.70. The van der Waals surface area contributed by atoms with Gasteiger partial charge in [0.1, 0.15) is 5.52 Å². The molecule has 0 bridgehead atoms. The number of hydroxylamine groups is 2. The van der Waals surface area contributed by atoms with Crippen LogP contribution in [0, 0.1) is 18.8 Å². The number of hydrogen-bond donors (Lipinski definition) is 3. The van der Waals surface area contributed by atoms with E-state index in [1.165, 1.54) is 0 Å². The summed E-state index contributed by atoms with van der Waals surface area (Å²) in [7, 11) is 0. The monoisotopic (exact) mass is 386 g/mol. The molecule has 28 heavy (non-hydrogen) atoms. The van der Waals surface area contributed by atoms with E-state index in [0.717, 1.165) is 44.1 Å². The van der Waals surface area contributed by atoms with Crippen molar-refractivity contribution in [3.05, 3.63) is 23.8 Å². The Bertz CT molecular complexity index is 822. The molecule has 1 aliphatic rings. The van der Waals surface area contributed by atoms with Crippen LogP contribution in [-0.4, -0.2) is 44.3 Å². The van der Waals surface area contributed by atoms with E-state index >= 15 is 0 Å². The third-order valence-electron chi connectivity index (χ3n) is 5.22. The fraction of sp³-hybridized carbons (Fsp3) is 0.526. The number of carbonyl (C=O) groups excluding carboxylic acids is 2. The molecule has 0 spiro atoms. The first-order valence-corrected chi connectivity index (χ1v) is 9.64. The van der Waals surface area contributed by atoms with Crippen molar-refractivity contribution >= 4 is 29.3 Å². The second-order valence-corrected chi connectivity index (χ2v) is 7.33. The van der Waals surface area contributed by atoms with Crippen LogP contribution < -0.4 is 10.9 Å². The number of carbonyl (C=O) groups is 2. The first kappa shape index (κ1) is 19.9. The van der Waals surface area contributed by atoms with Gasteiger partial charge in [0, 0.05) is 0 Å². The molecule has 1 fully saturated rings. The molecule has 0 aliphatic heterocycles. The van der Waals surface area contributed by atoms with Gasteiger partial charge < -0.3 is 0 Å². The highest BCUT2D eigenvalue weighted by atomic mass is 16.5. The Morgan fingerprint density at radius 1 is 1.25 bits per heavy atom. The second-order valence-electron chi connectivity index (χ2n) is 7.33. The molecule has 0 radical (unpaired) electrons. The number of hydrazine groups is 1. The van der Waals surface area contributed by atoms with E-state index in [0.29, 0.717) is 22.5 Å². The van der Waals surface area contributed by atoms with E-state index in [1.54, 1.807) is 0 Å². The van der Waals surface area contributed by atoms with E-state index in [-0.39, 0.29) is 24.3 Å². The van der Waals surface area contributed by atoms with Gasteiger partial charge in [-0.2, -0.15) is 0 Å². The van der Waals surface area contributed by atoms with Gasteiger partial charge in [0.15, 0.2) is 0 Å². The van der Waals surface area contributed by atoms with Crippen LogP contribution in [-0.2, 0) is 9.59 Å². The second kappa shape index (κ2) is 9.41. The van der Waals surface area contributed by atoms with Crippen molar-refractivity contribution in [3.63, 3.8) is 0 Å². The molecule has 2 aromatic rings. The van der Waals surface area contributed by atoms with Gasteiger partial charge in [-0.15, -0.1) is 10.2 Å². The summed E-state index contributed by atoms with van der Waals surface area (Å²) in [5.74, 6) is -0.532. The van der Waals surface area contributed by atoms with Crippen LogP contribution in [0.25, 0.3) is 11.0 Å². The van der Waals surface area contributed by atoms with Crippen molar-refractivity contribution in [2.24, 2.45) is 11.8 Å². The average Bonchev–Trinajstić information content (AvgIpc) is 2.99.